The number of hydrogen-bond donors (Lipinski definition) is 1. The van der Waals surface area contributed by atoms with Crippen LogP contribution in [-0.4, -0.2) is 62.7 Å². The molecule has 0 aliphatic carbocycles. The number of carbonyl (C=O) groups is 1. The van der Waals surface area contributed by atoms with Crippen molar-refractivity contribution < 1.29 is 14.7 Å². The lowest BCUT2D eigenvalue weighted by atomic mass is 10.0. The van der Waals surface area contributed by atoms with E-state index < -0.39 is 5.97 Å². The Hall–Kier alpha value is -2.09. The summed E-state index contributed by atoms with van der Waals surface area (Å²) in [7, 11) is 3.77. The number of carbonyl (C=O) groups excluding carboxylic acids is 1. The van der Waals surface area contributed by atoms with E-state index >= 15 is 0 Å². The molecule has 24 heavy (non-hydrogen) atoms. The maximum absolute atomic E-state index is 12.9. The van der Waals surface area contributed by atoms with Gasteiger partial charge in [-0.05, 0) is 20.0 Å². The maximum Gasteiger partial charge on any atom is 0.397 e. The summed E-state index contributed by atoms with van der Waals surface area (Å²) in [6, 6.07) is 7.71. The number of esters is 1. The summed E-state index contributed by atoms with van der Waals surface area (Å²) < 4.78 is 5.18. The van der Waals surface area contributed by atoms with Crippen LogP contribution in [0, 0.1) is 5.21 Å². The predicted octanol–water partition coefficient (Wildman–Crippen LogP) is -0.0868. The summed E-state index contributed by atoms with van der Waals surface area (Å²) >= 11 is 0. The molecular formula is C17H24N4O3. The second-order valence-corrected chi connectivity index (χ2v) is 6.12. The highest BCUT2D eigenvalue weighted by Gasteiger charge is 2.38. The van der Waals surface area contributed by atoms with Gasteiger partial charge in [-0.3, -0.25) is 0 Å². The molecular weight excluding hydrogens is 308 g/mol. The molecule has 0 radical (unpaired) electrons. The van der Waals surface area contributed by atoms with Gasteiger partial charge < -0.3 is 19.7 Å². The normalized spacial score (nSPS) is 21.8. The zero-order valence-corrected chi connectivity index (χ0v) is 14.4. The molecule has 0 spiro atoms. The van der Waals surface area contributed by atoms with Crippen molar-refractivity contribution in [3.05, 3.63) is 40.7 Å². The summed E-state index contributed by atoms with van der Waals surface area (Å²) in [6.07, 6.45) is 0. The second kappa shape index (κ2) is 6.80. The second-order valence-electron chi connectivity index (χ2n) is 6.12. The number of piperazine rings is 1. The molecule has 1 aromatic rings. The molecule has 1 saturated heterocycles. The van der Waals surface area contributed by atoms with Gasteiger partial charge in [-0.1, -0.05) is 18.2 Å². The molecule has 0 aromatic heterocycles. The first kappa shape index (κ1) is 16.8. The fraction of sp³-hybridized carbons (Fsp3) is 0.471. The minimum atomic E-state index is -0.544. The fourth-order valence-electron chi connectivity index (χ4n) is 3.23. The van der Waals surface area contributed by atoms with Crippen molar-refractivity contribution in [1.29, 1.82) is 0 Å². The first-order valence-electron chi connectivity index (χ1n) is 8.27. The van der Waals surface area contributed by atoms with E-state index in [0.717, 1.165) is 37.4 Å². The zero-order chi connectivity index (χ0) is 17.3. The van der Waals surface area contributed by atoms with E-state index in [1.54, 1.807) is 14.0 Å². The molecule has 0 saturated carbocycles. The molecule has 2 aliphatic rings. The van der Waals surface area contributed by atoms with Gasteiger partial charge in [0.15, 0.2) is 0 Å². The van der Waals surface area contributed by atoms with Gasteiger partial charge in [-0.25, -0.2) is 15.0 Å². The third-order valence-corrected chi connectivity index (χ3v) is 4.57. The number of quaternary nitrogens is 1. The minimum Gasteiger partial charge on any atom is -0.602 e. The first-order chi connectivity index (χ1) is 11.5. The van der Waals surface area contributed by atoms with E-state index in [2.05, 4.69) is 16.8 Å². The number of anilines is 1. The SMILES string of the molecule is CCOC(=O)C1=C(N2CCN(C)CC2)c2ccccc2N(C)[NH+]1[O-]. The van der Waals surface area contributed by atoms with Gasteiger partial charge in [0.05, 0.1) is 19.3 Å². The Bertz CT molecular complexity index is 653. The van der Waals surface area contributed by atoms with Crippen LogP contribution in [0.15, 0.2) is 30.0 Å². The van der Waals surface area contributed by atoms with Crippen LogP contribution in [-0.2, 0) is 9.53 Å². The predicted molar refractivity (Wildman–Crippen MR) is 91.8 cm³/mol. The zero-order valence-electron chi connectivity index (χ0n) is 14.4. The third kappa shape index (κ3) is 2.86. The molecule has 1 fully saturated rings. The lowest BCUT2D eigenvalue weighted by Crippen LogP contribution is -3.14. The number of fused-ring (bicyclic) bond motifs is 1. The van der Waals surface area contributed by atoms with Crippen LogP contribution in [0.3, 0.4) is 0 Å². The molecule has 7 heteroatoms. The molecule has 2 heterocycles. The van der Waals surface area contributed by atoms with Crippen molar-refractivity contribution in [3.8, 4) is 0 Å². The van der Waals surface area contributed by atoms with E-state index in [1.165, 1.54) is 5.01 Å². The van der Waals surface area contributed by atoms with Crippen LogP contribution in [0.1, 0.15) is 12.5 Å². The monoisotopic (exact) mass is 332 g/mol. The molecule has 7 nitrogen and oxygen atoms in total. The molecule has 1 aromatic carbocycles. The number of hydroxylamine groups is 1. The molecule has 2 aliphatic heterocycles. The van der Waals surface area contributed by atoms with Crippen molar-refractivity contribution in [2.75, 3.05) is 51.9 Å². The summed E-state index contributed by atoms with van der Waals surface area (Å²) in [6.45, 7) is 5.34. The Kier molecular flexibility index (Phi) is 4.75. The third-order valence-electron chi connectivity index (χ3n) is 4.57. The molecule has 0 amide bonds. The van der Waals surface area contributed by atoms with Crippen LogP contribution in [0.2, 0.25) is 0 Å². The fourth-order valence-corrected chi connectivity index (χ4v) is 3.23. The van der Waals surface area contributed by atoms with E-state index in [9.17, 15) is 10.0 Å². The molecule has 0 bridgehead atoms. The van der Waals surface area contributed by atoms with Crippen LogP contribution < -0.4 is 10.2 Å². The highest BCUT2D eigenvalue weighted by atomic mass is 16.6. The molecule has 1 atom stereocenters. The van der Waals surface area contributed by atoms with Crippen molar-refractivity contribution in [3.63, 3.8) is 0 Å². The number of hydrogen-bond acceptors (Lipinski definition) is 6. The Balaban J connectivity index is 2.12. The van der Waals surface area contributed by atoms with E-state index in [-0.39, 0.29) is 17.5 Å². The highest BCUT2D eigenvalue weighted by Crippen LogP contribution is 2.32. The summed E-state index contributed by atoms with van der Waals surface area (Å²) in [5.41, 5.74) is 2.58. The average molecular weight is 332 g/mol. The van der Waals surface area contributed by atoms with Gasteiger partial charge in [0, 0.05) is 31.7 Å². The number of para-hydroxylation sites is 1. The Morgan fingerprint density at radius 1 is 1.21 bits per heavy atom. The van der Waals surface area contributed by atoms with Crippen molar-refractivity contribution in [2.45, 2.75) is 6.92 Å². The summed E-state index contributed by atoms with van der Waals surface area (Å²) in [5, 5.41) is 14.1. The van der Waals surface area contributed by atoms with E-state index in [1.807, 2.05) is 24.3 Å². The van der Waals surface area contributed by atoms with Crippen molar-refractivity contribution in [2.24, 2.45) is 0 Å². The average Bonchev–Trinajstić information content (AvgIpc) is 2.59. The van der Waals surface area contributed by atoms with Crippen LogP contribution in [0.5, 0.6) is 0 Å². The minimum absolute atomic E-state index is 0.141. The summed E-state index contributed by atoms with van der Waals surface area (Å²) in [5.74, 6) is -0.544. The number of rotatable bonds is 3. The van der Waals surface area contributed by atoms with Gasteiger partial charge in [0.2, 0.25) is 0 Å². The van der Waals surface area contributed by atoms with Gasteiger partial charge in [0.1, 0.15) is 5.70 Å². The smallest absolute Gasteiger partial charge is 0.397 e. The Morgan fingerprint density at radius 3 is 2.54 bits per heavy atom. The topological polar surface area (TPSA) is 63.5 Å². The van der Waals surface area contributed by atoms with Crippen LogP contribution in [0.4, 0.5) is 5.69 Å². The number of ether oxygens (including phenoxy) is 1. The first-order valence-corrected chi connectivity index (χ1v) is 8.27. The largest absolute Gasteiger partial charge is 0.602 e. The lowest BCUT2D eigenvalue weighted by molar-refractivity contribution is -0.810. The van der Waals surface area contributed by atoms with Crippen molar-refractivity contribution >= 4 is 17.4 Å². The van der Waals surface area contributed by atoms with Crippen molar-refractivity contribution in [1.82, 2.24) is 9.80 Å². The number of likely N-dealkylation sites (N-methyl/N-ethyl adjacent to an activating group) is 1. The maximum atomic E-state index is 12.9. The van der Waals surface area contributed by atoms with E-state index in [0.29, 0.717) is 5.70 Å². The standard InChI is InChI=1S/C17H24N4O3/c1-4-24-17(22)16-15(20-11-9-18(2)10-12-20)13-7-5-6-8-14(13)19(3)21(16)23/h5-8,21H,4,9-12H2,1-3H3. The quantitative estimate of drug-likeness (QED) is 0.617. The molecule has 3 rings (SSSR count). The van der Waals surface area contributed by atoms with E-state index in [4.69, 9.17) is 4.74 Å². The van der Waals surface area contributed by atoms with Gasteiger partial charge in [0.25, 0.3) is 5.70 Å². The number of nitrogens with one attached hydrogen (secondary N) is 1. The van der Waals surface area contributed by atoms with Gasteiger partial charge in [-0.2, -0.15) is 0 Å². The van der Waals surface area contributed by atoms with Crippen LogP contribution >= 0.6 is 0 Å². The number of benzene rings is 1. The van der Waals surface area contributed by atoms with Crippen LogP contribution in [0.25, 0.3) is 5.70 Å². The molecule has 130 valence electrons. The van der Waals surface area contributed by atoms with Gasteiger partial charge >= 0.3 is 5.97 Å². The number of nitrogens with zero attached hydrogens (tertiary/aromatic N) is 3. The van der Waals surface area contributed by atoms with Gasteiger partial charge in [-0.15, -0.1) is 0 Å². The summed E-state index contributed by atoms with van der Waals surface area (Å²) in [4.78, 5) is 16.9. The lowest BCUT2D eigenvalue weighted by Gasteiger charge is -2.43. The Morgan fingerprint density at radius 2 is 1.88 bits per heavy atom. The highest BCUT2D eigenvalue weighted by molar-refractivity contribution is 5.97. The molecule has 1 N–H and O–H groups in total. The molecule has 1 unspecified atom stereocenters. The Labute approximate surface area is 142 Å².